The number of ether oxygens (including phenoxy) is 2. The van der Waals surface area contributed by atoms with Crippen LogP contribution in [0.5, 0.6) is 0 Å². The van der Waals surface area contributed by atoms with E-state index in [1.807, 2.05) is 13.0 Å². The lowest BCUT2D eigenvalue weighted by atomic mass is 9.80. The Morgan fingerprint density at radius 2 is 2.16 bits per heavy atom. The molecule has 0 radical (unpaired) electrons. The molecule has 0 N–H and O–H groups in total. The van der Waals surface area contributed by atoms with Crippen LogP contribution in [0.15, 0.2) is 12.3 Å². The molecule has 2 aliphatic heterocycles. The Morgan fingerprint density at radius 1 is 1.47 bits per heavy atom. The van der Waals surface area contributed by atoms with E-state index in [4.69, 9.17) is 9.47 Å². The monoisotopic (exact) mass is 267 g/mol. The zero-order chi connectivity index (χ0) is 14.2. The summed E-state index contributed by atoms with van der Waals surface area (Å²) in [6.07, 6.45) is 3.57. The second kappa shape index (κ2) is 4.87. The molecular weight excluding hydrogens is 246 g/mol. The molecule has 1 fully saturated rings. The molecule has 5 heteroatoms. The number of hydrogen-bond acceptors (Lipinski definition) is 4. The van der Waals surface area contributed by atoms with Crippen LogP contribution in [0.2, 0.25) is 0 Å². The minimum absolute atomic E-state index is 0.162. The molecular formula is C14H21NO4. The third-order valence-corrected chi connectivity index (χ3v) is 3.44. The van der Waals surface area contributed by atoms with E-state index in [1.54, 1.807) is 27.0 Å². The van der Waals surface area contributed by atoms with E-state index in [0.717, 1.165) is 6.42 Å². The van der Waals surface area contributed by atoms with Crippen molar-refractivity contribution in [2.45, 2.75) is 45.8 Å². The first-order valence-corrected chi connectivity index (χ1v) is 6.66. The number of nitrogens with zero attached hydrogens (tertiary/aromatic N) is 1. The lowest BCUT2D eigenvalue weighted by Gasteiger charge is -2.40. The van der Waals surface area contributed by atoms with Gasteiger partial charge in [0.05, 0.1) is 12.2 Å². The Hall–Kier alpha value is -1.52. The summed E-state index contributed by atoms with van der Waals surface area (Å²) in [6, 6.07) is 0. The van der Waals surface area contributed by atoms with Gasteiger partial charge in [-0.2, -0.15) is 0 Å². The third-order valence-electron chi connectivity index (χ3n) is 3.44. The average molecular weight is 267 g/mol. The summed E-state index contributed by atoms with van der Waals surface area (Å²) in [5.41, 5.74) is -0.594. The second-order valence-corrected chi connectivity index (χ2v) is 6.12. The number of likely N-dealkylation sites (tertiary alicyclic amines) is 1. The molecule has 1 saturated heterocycles. The molecule has 0 saturated carbocycles. The van der Waals surface area contributed by atoms with E-state index in [2.05, 4.69) is 0 Å². The number of allylic oxidation sites excluding steroid dienone is 1. The van der Waals surface area contributed by atoms with Crippen LogP contribution in [0, 0.1) is 11.8 Å². The Kier molecular flexibility index (Phi) is 3.56. The fraction of sp³-hybridized carbons (Fsp3) is 0.714. The number of piperidine rings is 1. The summed E-state index contributed by atoms with van der Waals surface area (Å²) < 4.78 is 10.6. The predicted octanol–water partition coefficient (Wildman–Crippen LogP) is 2.32. The number of rotatable bonds is 0. The number of imide groups is 1. The zero-order valence-corrected chi connectivity index (χ0v) is 11.9. The molecule has 2 aliphatic rings. The van der Waals surface area contributed by atoms with Crippen molar-refractivity contribution in [3.63, 3.8) is 0 Å². The van der Waals surface area contributed by atoms with E-state index in [9.17, 15) is 9.59 Å². The van der Waals surface area contributed by atoms with Crippen molar-refractivity contribution in [3.05, 3.63) is 12.3 Å². The molecule has 2 rings (SSSR count). The highest BCUT2D eigenvalue weighted by Gasteiger charge is 2.44. The fourth-order valence-electron chi connectivity index (χ4n) is 2.55. The van der Waals surface area contributed by atoms with Gasteiger partial charge in [-0.15, -0.1) is 0 Å². The molecule has 0 aliphatic carbocycles. The highest BCUT2D eigenvalue weighted by molar-refractivity contribution is 5.94. The number of fused-ring (bicyclic) bond motifs is 1. The maximum absolute atomic E-state index is 12.4. The molecule has 106 valence electrons. The first-order chi connectivity index (χ1) is 8.79. The van der Waals surface area contributed by atoms with Gasteiger partial charge < -0.3 is 9.47 Å². The van der Waals surface area contributed by atoms with Crippen LogP contribution in [0.3, 0.4) is 0 Å². The summed E-state index contributed by atoms with van der Waals surface area (Å²) in [5, 5.41) is 0. The highest BCUT2D eigenvalue weighted by atomic mass is 16.6. The minimum Gasteiger partial charge on any atom is -0.498 e. The van der Waals surface area contributed by atoms with Gasteiger partial charge >= 0.3 is 6.09 Å². The Morgan fingerprint density at radius 3 is 2.79 bits per heavy atom. The molecule has 0 aromatic rings. The van der Waals surface area contributed by atoms with Gasteiger partial charge in [0.15, 0.2) is 0 Å². The van der Waals surface area contributed by atoms with Crippen LogP contribution >= 0.6 is 0 Å². The lowest BCUT2D eigenvalue weighted by Crippen LogP contribution is -2.53. The van der Waals surface area contributed by atoms with Crippen LogP contribution in [0.25, 0.3) is 0 Å². The zero-order valence-electron chi connectivity index (χ0n) is 11.9. The van der Waals surface area contributed by atoms with Gasteiger partial charge in [0.2, 0.25) is 5.91 Å². The van der Waals surface area contributed by atoms with Crippen molar-refractivity contribution < 1.29 is 19.1 Å². The molecule has 0 unspecified atom stereocenters. The van der Waals surface area contributed by atoms with Crippen molar-refractivity contribution in [2.75, 3.05) is 6.54 Å². The normalized spacial score (nSPS) is 30.6. The molecule has 2 amide bonds. The maximum Gasteiger partial charge on any atom is 0.417 e. The molecule has 0 spiro atoms. The summed E-state index contributed by atoms with van der Waals surface area (Å²) in [4.78, 5) is 25.7. The van der Waals surface area contributed by atoms with Gasteiger partial charge in [0.1, 0.15) is 11.7 Å². The first kappa shape index (κ1) is 13.9. The Bertz CT molecular complexity index is 410. The summed E-state index contributed by atoms with van der Waals surface area (Å²) in [5.74, 6) is -0.316. The van der Waals surface area contributed by atoms with Gasteiger partial charge in [0, 0.05) is 6.54 Å². The lowest BCUT2D eigenvalue weighted by molar-refractivity contribution is -0.144. The largest absolute Gasteiger partial charge is 0.498 e. The minimum atomic E-state index is -0.594. The first-order valence-electron chi connectivity index (χ1n) is 6.66. The quantitative estimate of drug-likeness (QED) is 0.676. The van der Waals surface area contributed by atoms with Gasteiger partial charge in [-0.05, 0) is 46.1 Å². The molecule has 2 heterocycles. The molecule has 3 atom stereocenters. The van der Waals surface area contributed by atoms with E-state index in [0.29, 0.717) is 6.54 Å². The Labute approximate surface area is 113 Å². The summed E-state index contributed by atoms with van der Waals surface area (Å²) in [7, 11) is 0. The molecule has 0 aromatic heterocycles. The fourth-order valence-corrected chi connectivity index (χ4v) is 2.55. The van der Waals surface area contributed by atoms with Gasteiger partial charge in [-0.25, -0.2) is 9.69 Å². The topological polar surface area (TPSA) is 55.8 Å². The number of carbonyl (C=O) groups excluding carboxylic acids is 2. The van der Waals surface area contributed by atoms with Gasteiger partial charge in [0.25, 0.3) is 0 Å². The molecule has 0 bridgehead atoms. The molecule has 0 aromatic carbocycles. The van der Waals surface area contributed by atoms with Crippen molar-refractivity contribution >= 4 is 12.0 Å². The van der Waals surface area contributed by atoms with E-state index >= 15 is 0 Å². The standard InChI is InChI=1S/C14H21NO4/c1-9-11-10(6-8-18-9)5-7-15(12(11)16)13(17)19-14(2,3)4/h6,8-11H,5,7H2,1-4H3/t9-,10-,11+/m1/s1. The van der Waals surface area contributed by atoms with Crippen LogP contribution in [0.4, 0.5) is 4.79 Å². The van der Waals surface area contributed by atoms with E-state index in [-0.39, 0.29) is 23.8 Å². The van der Waals surface area contributed by atoms with Crippen molar-refractivity contribution in [3.8, 4) is 0 Å². The maximum atomic E-state index is 12.4. The van der Waals surface area contributed by atoms with Crippen LogP contribution in [-0.2, 0) is 14.3 Å². The summed E-state index contributed by atoms with van der Waals surface area (Å²) in [6.45, 7) is 7.63. The Balaban J connectivity index is 2.11. The second-order valence-electron chi connectivity index (χ2n) is 6.12. The average Bonchev–Trinajstić information content (AvgIpc) is 2.26. The van der Waals surface area contributed by atoms with Gasteiger partial charge in [-0.3, -0.25) is 4.79 Å². The van der Waals surface area contributed by atoms with Crippen LogP contribution in [-0.4, -0.2) is 35.2 Å². The molecule has 19 heavy (non-hydrogen) atoms. The van der Waals surface area contributed by atoms with Crippen molar-refractivity contribution in [2.24, 2.45) is 11.8 Å². The molecule has 5 nitrogen and oxygen atoms in total. The van der Waals surface area contributed by atoms with Crippen LogP contribution < -0.4 is 0 Å². The van der Waals surface area contributed by atoms with E-state index in [1.165, 1.54) is 4.90 Å². The summed E-state index contributed by atoms with van der Waals surface area (Å²) >= 11 is 0. The number of hydrogen-bond donors (Lipinski definition) is 0. The van der Waals surface area contributed by atoms with E-state index < -0.39 is 11.7 Å². The van der Waals surface area contributed by atoms with Crippen molar-refractivity contribution in [1.82, 2.24) is 4.90 Å². The van der Waals surface area contributed by atoms with Crippen LogP contribution in [0.1, 0.15) is 34.1 Å². The third kappa shape index (κ3) is 2.91. The number of carbonyl (C=O) groups is 2. The smallest absolute Gasteiger partial charge is 0.417 e. The highest BCUT2D eigenvalue weighted by Crippen LogP contribution is 2.33. The SMILES string of the molecule is C[C@H]1OC=C[C@H]2CCN(C(=O)OC(C)(C)C)C(=O)[C@H]21. The number of amides is 2. The predicted molar refractivity (Wildman–Crippen MR) is 69.2 cm³/mol. The van der Waals surface area contributed by atoms with Gasteiger partial charge in [-0.1, -0.05) is 0 Å². The van der Waals surface area contributed by atoms with Crippen molar-refractivity contribution in [1.29, 1.82) is 0 Å².